The zero-order valence-corrected chi connectivity index (χ0v) is 15.6. The maximum atomic E-state index is 13.2. The van der Waals surface area contributed by atoms with Crippen LogP contribution in [0, 0.1) is 5.82 Å². The molecule has 4 rings (SSSR count). The fraction of sp³-hybridized carbons (Fsp3) is 0.0455. The number of rotatable bonds is 5. The molecule has 138 valence electrons. The number of hydrogen-bond acceptors (Lipinski definition) is 4. The zero-order valence-electron chi connectivity index (χ0n) is 14.8. The summed E-state index contributed by atoms with van der Waals surface area (Å²) >= 11 is 1.38. The summed E-state index contributed by atoms with van der Waals surface area (Å²) in [6.07, 6.45) is 3.19. The number of anilines is 1. The van der Waals surface area contributed by atoms with Gasteiger partial charge in [0.1, 0.15) is 5.82 Å². The Balaban J connectivity index is 1.69. The van der Waals surface area contributed by atoms with Crippen LogP contribution in [0.1, 0.15) is 15.9 Å². The maximum absolute atomic E-state index is 13.2. The minimum Gasteiger partial charge on any atom is -0.279 e. The van der Waals surface area contributed by atoms with Gasteiger partial charge in [0.25, 0.3) is 5.91 Å². The van der Waals surface area contributed by atoms with Gasteiger partial charge in [0.2, 0.25) is 0 Å². The summed E-state index contributed by atoms with van der Waals surface area (Å²) in [7, 11) is 0. The van der Waals surface area contributed by atoms with Crippen molar-refractivity contribution in [3.8, 4) is 11.3 Å². The number of thiazole rings is 1. The fourth-order valence-electron chi connectivity index (χ4n) is 2.78. The summed E-state index contributed by atoms with van der Waals surface area (Å²) in [5, 5.41) is 2.46. The lowest BCUT2D eigenvalue weighted by atomic mass is 10.2. The van der Waals surface area contributed by atoms with Crippen LogP contribution in [0.2, 0.25) is 0 Å². The molecule has 0 aliphatic heterocycles. The minimum absolute atomic E-state index is 0.147. The molecule has 0 fully saturated rings. The first-order valence-corrected chi connectivity index (χ1v) is 9.56. The predicted molar refractivity (Wildman–Crippen MR) is 109 cm³/mol. The molecule has 0 radical (unpaired) electrons. The Labute approximate surface area is 165 Å². The van der Waals surface area contributed by atoms with Crippen LogP contribution in [-0.4, -0.2) is 15.9 Å². The van der Waals surface area contributed by atoms with Gasteiger partial charge in [-0.25, -0.2) is 9.37 Å². The van der Waals surface area contributed by atoms with Gasteiger partial charge >= 0.3 is 0 Å². The average molecular weight is 389 g/mol. The third-order valence-electron chi connectivity index (χ3n) is 4.22. The highest BCUT2D eigenvalue weighted by atomic mass is 32.1. The van der Waals surface area contributed by atoms with Crippen molar-refractivity contribution in [1.82, 2.24) is 9.97 Å². The van der Waals surface area contributed by atoms with Crippen LogP contribution in [0.5, 0.6) is 0 Å². The van der Waals surface area contributed by atoms with E-state index in [-0.39, 0.29) is 11.7 Å². The van der Waals surface area contributed by atoms with E-state index in [4.69, 9.17) is 0 Å². The second-order valence-corrected chi connectivity index (χ2v) is 6.97. The van der Waals surface area contributed by atoms with E-state index >= 15 is 0 Å². The molecule has 1 amide bonds. The molecule has 6 heteroatoms. The van der Waals surface area contributed by atoms with Crippen molar-refractivity contribution >= 4 is 22.4 Å². The number of carbonyl (C=O) groups excluding carboxylic acids is 1. The van der Waals surface area contributed by atoms with Gasteiger partial charge in [0.15, 0.2) is 5.13 Å². The lowest BCUT2D eigenvalue weighted by Crippen LogP contribution is -2.30. The predicted octanol–water partition coefficient (Wildman–Crippen LogP) is 5.19. The van der Waals surface area contributed by atoms with Crippen molar-refractivity contribution in [2.24, 2.45) is 0 Å². The van der Waals surface area contributed by atoms with Crippen molar-refractivity contribution in [2.75, 3.05) is 4.90 Å². The lowest BCUT2D eigenvalue weighted by molar-refractivity contribution is 0.0985. The van der Waals surface area contributed by atoms with Gasteiger partial charge in [-0.1, -0.05) is 30.3 Å². The van der Waals surface area contributed by atoms with Gasteiger partial charge in [-0.05, 0) is 42.0 Å². The molecule has 0 atom stereocenters. The summed E-state index contributed by atoms with van der Waals surface area (Å²) < 4.78 is 13.2. The van der Waals surface area contributed by atoms with Crippen molar-refractivity contribution in [3.05, 3.63) is 101 Å². The van der Waals surface area contributed by atoms with Gasteiger partial charge in [0.05, 0.1) is 12.2 Å². The number of nitrogens with zero attached hydrogens (tertiary/aromatic N) is 3. The molecule has 2 aromatic carbocycles. The Bertz CT molecular complexity index is 1070. The topological polar surface area (TPSA) is 46.1 Å². The number of aromatic nitrogens is 2. The Kier molecular flexibility index (Phi) is 5.21. The van der Waals surface area contributed by atoms with Crippen molar-refractivity contribution in [3.63, 3.8) is 0 Å². The highest BCUT2D eigenvalue weighted by molar-refractivity contribution is 7.14. The van der Waals surface area contributed by atoms with E-state index in [1.165, 1.54) is 23.5 Å². The Morgan fingerprint density at radius 1 is 0.964 bits per heavy atom. The molecule has 0 N–H and O–H groups in total. The molecular weight excluding hydrogens is 373 g/mol. The lowest BCUT2D eigenvalue weighted by Gasteiger charge is -2.20. The minimum atomic E-state index is -0.294. The highest BCUT2D eigenvalue weighted by Crippen LogP contribution is 2.29. The van der Waals surface area contributed by atoms with E-state index in [0.29, 0.717) is 22.9 Å². The van der Waals surface area contributed by atoms with Crippen LogP contribution in [0.3, 0.4) is 0 Å². The van der Waals surface area contributed by atoms with Crippen LogP contribution in [0.25, 0.3) is 11.3 Å². The number of halogens is 1. The number of amides is 1. The quantitative estimate of drug-likeness (QED) is 0.472. The van der Waals surface area contributed by atoms with Crippen molar-refractivity contribution in [2.45, 2.75) is 6.54 Å². The molecule has 2 aromatic heterocycles. The Morgan fingerprint density at radius 2 is 1.68 bits per heavy atom. The second kappa shape index (κ2) is 8.10. The summed E-state index contributed by atoms with van der Waals surface area (Å²) in [5.41, 5.74) is 3.06. The van der Waals surface area contributed by atoms with Crippen LogP contribution >= 0.6 is 11.3 Å². The van der Waals surface area contributed by atoms with E-state index in [1.807, 2.05) is 35.7 Å². The highest BCUT2D eigenvalue weighted by Gasteiger charge is 2.21. The van der Waals surface area contributed by atoms with E-state index in [9.17, 15) is 9.18 Å². The van der Waals surface area contributed by atoms with E-state index in [2.05, 4.69) is 9.97 Å². The standard InChI is InChI=1S/C22H16FN3OS/c23-19-8-6-17(7-9-19)20-15-28-22(25-20)26(14-16-4-2-1-3-5-16)21(27)18-10-12-24-13-11-18/h1-13,15H,14H2. The monoisotopic (exact) mass is 389 g/mol. The molecule has 0 aliphatic rings. The second-order valence-electron chi connectivity index (χ2n) is 6.13. The first-order valence-electron chi connectivity index (χ1n) is 8.68. The van der Waals surface area contributed by atoms with Crippen LogP contribution in [-0.2, 0) is 6.54 Å². The number of benzene rings is 2. The molecule has 0 aliphatic carbocycles. The summed E-state index contributed by atoms with van der Waals surface area (Å²) in [6.45, 7) is 0.401. The first-order chi connectivity index (χ1) is 13.7. The summed E-state index contributed by atoms with van der Waals surface area (Å²) in [5.74, 6) is -0.441. The molecular formula is C22H16FN3OS. The van der Waals surface area contributed by atoms with Crippen LogP contribution in [0.4, 0.5) is 9.52 Å². The Morgan fingerprint density at radius 3 is 2.39 bits per heavy atom. The third kappa shape index (κ3) is 3.97. The first kappa shape index (κ1) is 18.0. The zero-order chi connectivity index (χ0) is 19.3. The molecule has 28 heavy (non-hydrogen) atoms. The number of carbonyl (C=O) groups is 1. The number of hydrogen-bond donors (Lipinski definition) is 0. The SMILES string of the molecule is O=C(c1ccncc1)N(Cc1ccccc1)c1nc(-c2ccc(F)cc2)cs1. The third-order valence-corrected chi connectivity index (χ3v) is 5.08. The number of pyridine rings is 1. The molecule has 0 saturated carbocycles. The molecule has 0 unspecified atom stereocenters. The van der Waals surface area contributed by atoms with Gasteiger partial charge in [-0.15, -0.1) is 11.3 Å². The normalized spacial score (nSPS) is 10.6. The van der Waals surface area contributed by atoms with Gasteiger partial charge in [-0.3, -0.25) is 14.7 Å². The molecule has 4 aromatic rings. The van der Waals surface area contributed by atoms with Crippen molar-refractivity contribution in [1.29, 1.82) is 0 Å². The van der Waals surface area contributed by atoms with Gasteiger partial charge in [-0.2, -0.15) is 0 Å². The molecule has 4 nitrogen and oxygen atoms in total. The van der Waals surface area contributed by atoms with Crippen molar-refractivity contribution < 1.29 is 9.18 Å². The molecule has 2 heterocycles. The van der Waals surface area contributed by atoms with E-state index in [0.717, 1.165) is 11.1 Å². The summed E-state index contributed by atoms with van der Waals surface area (Å²) in [4.78, 5) is 23.4. The summed E-state index contributed by atoms with van der Waals surface area (Å²) in [6, 6.07) is 19.3. The molecule has 0 spiro atoms. The largest absolute Gasteiger partial charge is 0.279 e. The van der Waals surface area contributed by atoms with Gasteiger partial charge < -0.3 is 0 Å². The average Bonchev–Trinajstić information content (AvgIpc) is 3.23. The van der Waals surface area contributed by atoms with E-state index in [1.54, 1.807) is 41.6 Å². The molecule has 0 saturated heterocycles. The molecule has 0 bridgehead atoms. The van der Waals surface area contributed by atoms with Gasteiger partial charge in [0, 0.05) is 28.9 Å². The fourth-order valence-corrected chi connectivity index (χ4v) is 3.62. The van der Waals surface area contributed by atoms with Crippen LogP contribution < -0.4 is 4.90 Å². The smallest absolute Gasteiger partial charge is 0.260 e. The van der Waals surface area contributed by atoms with Crippen LogP contribution in [0.15, 0.2) is 84.5 Å². The Hall–Kier alpha value is -3.38. The maximum Gasteiger partial charge on any atom is 0.260 e. The van der Waals surface area contributed by atoms with E-state index < -0.39 is 0 Å².